The molecule has 0 unspecified atom stereocenters. The number of carbonyl (C=O) groups is 1. The van der Waals surface area contributed by atoms with Crippen molar-refractivity contribution in [3.8, 4) is 0 Å². The fourth-order valence-electron chi connectivity index (χ4n) is 1.94. The van der Waals surface area contributed by atoms with Crippen molar-refractivity contribution in [2.24, 2.45) is 5.10 Å². The van der Waals surface area contributed by atoms with Crippen LogP contribution in [0.5, 0.6) is 0 Å². The zero-order chi connectivity index (χ0) is 12.1. The second-order valence-corrected chi connectivity index (χ2v) is 3.96. The Balaban J connectivity index is 1.98. The van der Waals surface area contributed by atoms with Gasteiger partial charge in [-0.2, -0.15) is 5.10 Å². The predicted octanol–water partition coefficient (Wildman–Crippen LogP) is 2.28. The number of benzene rings is 1. The molecule has 1 amide bonds. The van der Waals surface area contributed by atoms with Gasteiger partial charge in [0.1, 0.15) is 0 Å². The molecular formula is C13H16N2O2. The molecule has 1 aliphatic carbocycles. The quantitative estimate of drug-likeness (QED) is 0.795. The monoisotopic (exact) mass is 232 g/mol. The Hall–Kier alpha value is -1.84. The molecule has 90 valence electrons. The first-order chi connectivity index (χ1) is 8.29. The zero-order valence-electron chi connectivity index (χ0n) is 9.90. The molecule has 1 N–H and O–H groups in total. The number of nitrogens with zero attached hydrogens (tertiary/aromatic N) is 1. The highest BCUT2D eigenvalue weighted by Crippen LogP contribution is 2.18. The fraction of sp³-hybridized carbons (Fsp3) is 0.385. The number of hydrazone groups is 1. The first kappa shape index (κ1) is 11.6. The van der Waals surface area contributed by atoms with E-state index < -0.39 is 6.09 Å². The molecule has 0 saturated heterocycles. The fourth-order valence-corrected chi connectivity index (χ4v) is 1.94. The Kier molecular flexibility index (Phi) is 3.75. The molecule has 0 saturated carbocycles. The van der Waals surface area contributed by atoms with Gasteiger partial charge in [-0.3, -0.25) is 0 Å². The molecule has 0 aliphatic heterocycles. The summed E-state index contributed by atoms with van der Waals surface area (Å²) in [6.07, 6.45) is 2.20. The van der Waals surface area contributed by atoms with Gasteiger partial charge in [0.05, 0.1) is 6.61 Å². The minimum Gasteiger partial charge on any atom is -0.449 e. The van der Waals surface area contributed by atoms with Crippen LogP contribution < -0.4 is 5.43 Å². The zero-order valence-corrected chi connectivity index (χ0v) is 9.90. The number of hydrogen-bond donors (Lipinski definition) is 1. The van der Waals surface area contributed by atoms with Crippen LogP contribution in [0.3, 0.4) is 0 Å². The van der Waals surface area contributed by atoms with Crippen molar-refractivity contribution in [2.75, 3.05) is 6.61 Å². The summed E-state index contributed by atoms with van der Waals surface area (Å²) in [5.41, 5.74) is 6.08. The van der Waals surface area contributed by atoms with Gasteiger partial charge in [-0.1, -0.05) is 24.3 Å². The standard InChI is InChI=1S/C13H16N2O2/c1-2-17-13(16)15-14-12-8-7-10-5-3-4-6-11(10)9-12/h3-6H,2,7-9H2,1H3,(H,15,16)/b14-12-. The minimum atomic E-state index is -0.487. The van der Waals surface area contributed by atoms with Crippen molar-refractivity contribution in [1.29, 1.82) is 0 Å². The summed E-state index contributed by atoms with van der Waals surface area (Å²) in [5, 5.41) is 4.09. The SMILES string of the molecule is CCOC(=O)N/N=C1/CCc2ccccc2C1. The lowest BCUT2D eigenvalue weighted by Crippen LogP contribution is -2.23. The van der Waals surface area contributed by atoms with E-state index in [1.54, 1.807) is 6.92 Å². The molecule has 17 heavy (non-hydrogen) atoms. The summed E-state index contributed by atoms with van der Waals surface area (Å²) in [4.78, 5) is 11.1. The lowest BCUT2D eigenvalue weighted by Gasteiger charge is -2.17. The highest BCUT2D eigenvalue weighted by Gasteiger charge is 2.13. The molecule has 0 fully saturated rings. The number of fused-ring (bicyclic) bond motifs is 1. The van der Waals surface area contributed by atoms with Crippen molar-refractivity contribution < 1.29 is 9.53 Å². The van der Waals surface area contributed by atoms with Crippen molar-refractivity contribution in [3.05, 3.63) is 35.4 Å². The molecule has 4 nitrogen and oxygen atoms in total. The molecule has 4 heteroatoms. The molecule has 1 aliphatic rings. The first-order valence-electron chi connectivity index (χ1n) is 5.84. The van der Waals surface area contributed by atoms with E-state index in [1.807, 2.05) is 6.07 Å². The summed E-state index contributed by atoms with van der Waals surface area (Å²) in [5.74, 6) is 0. The van der Waals surface area contributed by atoms with Gasteiger partial charge >= 0.3 is 6.09 Å². The summed E-state index contributed by atoms with van der Waals surface area (Å²) >= 11 is 0. The maximum absolute atomic E-state index is 11.1. The van der Waals surface area contributed by atoms with E-state index in [0.717, 1.165) is 25.0 Å². The number of ether oxygens (including phenoxy) is 1. The molecule has 0 heterocycles. The van der Waals surface area contributed by atoms with Gasteiger partial charge < -0.3 is 4.74 Å². The highest BCUT2D eigenvalue weighted by atomic mass is 16.5. The molecule has 1 aromatic carbocycles. The van der Waals surface area contributed by atoms with Crippen LogP contribution in [-0.4, -0.2) is 18.4 Å². The summed E-state index contributed by atoms with van der Waals surface area (Å²) in [7, 11) is 0. The van der Waals surface area contributed by atoms with Gasteiger partial charge in [-0.25, -0.2) is 10.2 Å². The maximum atomic E-state index is 11.1. The molecule has 1 aromatic rings. The number of aryl methyl sites for hydroxylation is 1. The Labute approximate surface area is 101 Å². The van der Waals surface area contributed by atoms with Crippen LogP contribution in [0.15, 0.2) is 29.4 Å². The highest BCUT2D eigenvalue weighted by molar-refractivity contribution is 5.89. The Morgan fingerprint density at radius 1 is 1.35 bits per heavy atom. The van der Waals surface area contributed by atoms with Crippen LogP contribution in [0.25, 0.3) is 0 Å². The van der Waals surface area contributed by atoms with E-state index >= 15 is 0 Å². The third-order valence-electron chi connectivity index (χ3n) is 2.78. The Morgan fingerprint density at radius 2 is 2.12 bits per heavy atom. The predicted molar refractivity (Wildman–Crippen MR) is 66.1 cm³/mol. The van der Waals surface area contributed by atoms with Crippen LogP contribution in [0.4, 0.5) is 4.79 Å². The summed E-state index contributed by atoms with van der Waals surface area (Å²) in [6, 6.07) is 8.33. The van der Waals surface area contributed by atoms with Crippen LogP contribution in [0.1, 0.15) is 24.5 Å². The lowest BCUT2D eigenvalue weighted by molar-refractivity contribution is 0.152. The molecule has 0 radical (unpaired) electrons. The van der Waals surface area contributed by atoms with Crippen molar-refractivity contribution in [1.82, 2.24) is 5.43 Å². The van der Waals surface area contributed by atoms with Gasteiger partial charge in [-0.05, 0) is 30.9 Å². The van der Waals surface area contributed by atoms with Gasteiger partial charge in [-0.15, -0.1) is 0 Å². The van der Waals surface area contributed by atoms with Crippen molar-refractivity contribution >= 4 is 11.8 Å². The summed E-state index contributed by atoms with van der Waals surface area (Å²) < 4.78 is 4.75. The number of amides is 1. The third-order valence-corrected chi connectivity index (χ3v) is 2.78. The first-order valence-corrected chi connectivity index (χ1v) is 5.84. The van der Waals surface area contributed by atoms with Crippen LogP contribution in [-0.2, 0) is 17.6 Å². The van der Waals surface area contributed by atoms with Crippen molar-refractivity contribution in [3.63, 3.8) is 0 Å². The van der Waals surface area contributed by atoms with Gasteiger partial charge in [0.2, 0.25) is 0 Å². The van der Waals surface area contributed by atoms with Crippen LogP contribution in [0.2, 0.25) is 0 Å². The number of carbonyl (C=O) groups excluding carboxylic acids is 1. The van der Waals surface area contributed by atoms with Crippen LogP contribution >= 0.6 is 0 Å². The second kappa shape index (κ2) is 5.48. The molecule has 0 aromatic heterocycles. The smallest absolute Gasteiger partial charge is 0.427 e. The van der Waals surface area contributed by atoms with E-state index in [1.165, 1.54) is 11.1 Å². The number of hydrogen-bond acceptors (Lipinski definition) is 3. The summed E-state index contributed by atoms with van der Waals surface area (Å²) in [6.45, 7) is 2.13. The molecule has 2 rings (SSSR count). The van der Waals surface area contributed by atoms with E-state index in [4.69, 9.17) is 4.74 Å². The molecular weight excluding hydrogens is 216 g/mol. The van der Waals surface area contributed by atoms with Gasteiger partial charge in [0.15, 0.2) is 0 Å². The molecule has 0 atom stereocenters. The third kappa shape index (κ3) is 3.06. The Morgan fingerprint density at radius 3 is 2.88 bits per heavy atom. The van der Waals surface area contributed by atoms with Gasteiger partial charge in [0, 0.05) is 12.1 Å². The van der Waals surface area contributed by atoms with E-state index in [2.05, 4.69) is 28.7 Å². The maximum Gasteiger partial charge on any atom is 0.427 e. The van der Waals surface area contributed by atoms with E-state index in [0.29, 0.717) is 6.61 Å². The van der Waals surface area contributed by atoms with E-state index in [-0.39, 0.29) is 0 Å². The number of nitrogens with one attached hydrogen (secondary N) is 1. The number of rotatable bonds is 2. The average Bonchev–Trinajstić information content (AvgIpc) is 2.36. The van der Waals surface area contributed by atoms with Crippen LogP contribution in [0, 0.1) is 0 Å². The van der Waals surface area contributed by atoms with Gasteiger partial charge in [0.25, 0.3) is 0 Å². The van der Waals surface area contributed by atoms with Crippen molar-refractivity contribution in [2.45, 2.75) is 26.2 Å². The Bertz CT molecular complexity index is 441. The molecule has 0 bridgehead atoms. The largest absolute Gasteiger partial charge is 0.449 e. The van der Waals surface area contributed by atoms with E-state index in [9.17, 15) is 4.79 Å². The topological polar surface area (TPSA) is 50.7 Å². The normalized spacial score (nSPS) is 16.4. The molecule has 0 spiro atoms. The average molecular weight is 232 g/mol. The minimum absolute atomic E-state index is 0.361. The second-order valence-electron chi connectivity index (χ2n) is 3.96. The lowest BCUT2D eigenvalue weighted by atomic mass is 9.90.